The molecular formula is C16H13ClN2O5. The van der Waals surface area contributed by atoms with E-state index in [0.29, 0.717) is 12.0 Å². The lowest BCUT2D eigenvalue weighted by atomic mass is 10.1. The molecule has 0 spiro atoms. The van der Waals surface area contributed by atoms with Crippen LogP contribution in [0.15, 0.2) is 42.5 Å². The number of carboxylic acids is 1. The molecule has 0 unspecified atom stereocenters. The number of hydrogen-bond acceptors (Lipinski definition) is 4. The Labute approximate surface area is 142 Å². The minimum absolute atomic E-state index is 0.00776. The van der Waals surface area contributed by atoms with Crippen LogP contribution < -0.4 is 5.32 Å². The number of halogens is 1. The van der Waals surface area contributed by atoms with Gasteiger partial charge in [-0.3, -0.25) is 14.9 Å². The molecule has 8 heteroatoms. The van der Waals surface area contributed by atoms with E-state index < -0.39 is 10.9 Å². The number of non-ortho nitro benzene ring substituents is 1. The number of hydrogen-bond donors (Lipinski definition) is 2. The van der Waals surface area contributed by atoms with Gasteiger partial charge in [-0.25, -0.2) is 4.79 Å². The van der Waals surface area contributed by atoms with Gasteiger partial charge in [0.2, 0.25) is 5.91 Å². The molecule has 0 fully saturated rings. The molecule has 2 N–H and O–H groups in total. The van der Waals surface area contributed by atoms with E-state index in [1.807, 2.05) is 0 Å². The molecule has 0 atom stereocenters. The molecule has 2 rings (SSSR count). The second-order valence-electron chi connectivity index (χ2n) is 4.97. The molecule has 0 saturated heterocycles. The van der Waals surface area contributed by atoms with Crippen LogP contribution in [0.25, 0.3) is 0 Å². The second kappa shape index (κ2) is 7.56. The smallest absolute Gasteiger partial charge is 0.335 e. The molecule has 24 heavy (non-hydrogen) atoms. The van der Waals surface area contributed by atoms with Gasteiger partial charge in [0.05, 0.1) is 21.2 Å². The normalized spacial score (nSPS) is 10.2. The van der Waals surface area contributed by atoms with E-state index >= 15 is 0 Å². The first-order chi connectivity index (χ1) is 11.4. The van der Waals surface area contributed by atoms with Crippen molar-refractivity contribution < 1.29 is 19.6 Å². The highest BCUT2D eigenvalue weighted by atomic mass is 35.5. The fourth-order valence-electron chi connectivity index (χ4n) is 2.05. The Morgan fingerprint density at radius 1 is 1.21 bits per heavy atom. The number of nitrogens with one attached hydrogen (secondary N) is 1. The van der Waals surface area contributed by atoms with Gasteiger partial charge in [0, 0.05) is 18.6 Å². The van der Waals surface area contributed by atoms with Crippen LogP contribution in [0.4, 0.5) is 11.4 Å². The number of carbonyl (C=O) groups excluding carboxylic acids is 1. The van der Waals surface area contributed by atoms with E-state index in [1.165, 1.54) is 30.3 Å². The molecular weight excluding hydrogens is 336 g/mol. The third-order valence-electron chi connectivity index (χ3n) is 3.25. The van der Waals surface area contributed by atoms with Gasteiger partial charge in [-0.1, -0.05) is 23.7 Å². The Kier molecular flexibility index (Phi) is 5.49. The highest BCUT2D eigenvalue weighted by molar-refractivity contribution is 6.33. The first kappa shape index (κ1) is 17.4. The number of aryl methyl sites for hydroxylation is 1. The van der Waals surface area contributed by atoms with Crippen molar-refractivity contribution in [1.82, 2.24) is 0 Å². The Balaban J connectivity index is 2.01. The van der Waals surface area contributed by atoms with Crippen LogP contribution >= 0.6 is 11.6 Å². The molecule has 0 heterocycles. The zero-order valence-electron chi connectivity index (χ0n) is 12.4. The van der Waals surface area contributed by atoms with Crippen molar-refractivity contribution in [1.29, 1.82) is 0 Å². The highest BCUT2D eigenvalue weighted by Gasteiger charge is 2.11. The standard InChI is InChI=1S/C16H13ClN2O5/c17-13-6-5-11(16(21)22)9-14(13)18-15(20)7-4-10-2-1-3-12(8-10)19(23)24/h1-3,5-6,8-9H,4,7H2,(H,18,20)(H,21,22). The molecule has 0 aliphatic heterocycles. The summed E-state index contributed by atoms with van der Waals surface area (Å²) in [5.74, 6) is -1.50. The van der Waals surface area contributed by atoms with Gasteiger partial charge in [-0.2, -0.15) is 0 Å². The number of nitro groups is 1. The maximum atomic E-state index is 12.0. The quantitative estimate of drug-likeness (QED) is 0.613. The van der Waals surface area contributed by atoms with Gasteiger partial charge in [0.25, 0.3) is 5.69 Å². The molecule has 0 aromatic heterocycles. The van der Waals surface area contributed by atoms with Crippen molar-refractivity contribution in [2.24, 2.45) is 0 Å². The Morgan fingerprint density at radius 3 is 2.62 bits per heavy atom. The number of carboxylic acid groups (broad SMARTS) is 1. The Bertz CT molecular complexity index is 807. The van der Waals surface area contributed by atoms with Crippen molar-refractivity contribution in [2.45, 2.75) is 12.8 Å². The van der Waals surface area contributed by atoms with Crippen molar-refractivity contribution in [3.8, 4) is 0 Å². The summed E-state index contributed by atoms with van der Waals surface area (Å²) < 4.78 is 0. The molecule has 7 nitrogen and oxygen atoms in total. The van der Waals surface area contributed by atoms with Gasteiger partial charge >= 0.3 is 5.97 Å². The number of anilines is 1. The maximum Gasteiger partial charge on any atom is 0.335 e. The monoisotopic (exact) mass is 348 g/mol. The third-order valence-corrected chi connectivity index (χ3v) is 3.58. The summed E-state index contributed by atoms with van der Waals surface area (Å²) in [6, 6.07) is 10.0. The van der Waals surface area contributed by atoms with E-state index in [9.17, 15) is 19.7 Å². The van der Waals surface area contributed by atoms with Gasteiger partial charge in [-0.15, -0.1) is 0 Å². The zero-order chi connectivity index (χ0) is 17.7. The Hall–Kier alpha value is -2.93. The first-order valence-corrected chi connectivity index (χ1v) is 7.30. The summed E-state index contributed by atoms with van der Waals surface area (Å²) >= 11 is 5.94. The zero-order valence-corrected chi connectivity index (χ0v) is 13.1. The molecule has 0 aliphatic rings. The number of amides is 1. The topological polar surface area (TPSA) is 110 Å². The van der Waals surface area contributed by atoms with Crippen LogP contribution in [-0.4, -0.2) is 21.9 Å². The van der Waals surface area contributed by atoms with Gasteiger partial charge in [-0.05, 0) is 30.2 Å². The van der Waals surface area contributed by atoms with E-state index in [4.69, 9.17) is 16.7 Å². The van der Waals surface area contributed by atoms with Crippen molar-refractivity contribution in [3.05, 3.63) is 68.7 Å². The summed E-state index contributed by atoms with van der Waals surface area (Å²) in [6.45, 7) is 0. The Morgan fingerprint density at radius 2 is 1.96 bits per heavy atom. The summed E-state index contributed by atoms with van der Waals surface area (Å²) in [4.78, 5) is 33.1. The molecule has 2 aromatic rings. The van der Waals surface area contributed by atoms with Crippen LogP contribution in [0.2, 0.25) is 5.02 Å². The van der Waals surface area contributed by atoms with Crippen LogP contribution in [-0.2, 0) is 11.2 Å². The number of rotatable bonds is 6. The van der Waals surface area contributed by atoms with E-state index in [-0.39, 0.29) is 34.3 Å². The maximum absolute atomic E-state index is 12.0. The summed E-state index contributed by atoms with van der Waals surface area (Å²) in [5.41, 5.74) is 0.837. The van der Waals surface area contributed by atoms with E-state index in [0.717, 1.165) is 0 Å². The largest absolute Gasteiger partial charge is 0.478 e. The minimum Gasteiger partial charge on any atom is -0.478 e. The predicted molar refractivity (Wildman–Crippen MR) is 88.5 cm³/mol. The lowest BCUT2D eigenvalue weighted by molar-refractivity contribution is -0.384. The van der Waals surface area contributed by atoms with Crippen molar-refractivity contribution in [2.75, 3.05) is 5.32 Å². The van der Waals surface area contributed by atoms with Gasteiger partial charge in [0.1, 0.15) is 0 Å². The van der Waals surface area contributed by atoms with Gasteiger partial charge in [0.15, 0.2) is 0 Å². The van der Waals surface area contributed by atoms with E-state index in [1.54, 1.807) is 12.1 Å². The molecule has 0 radical (unpaired) electrons. The van der Waals surface area contributed by atoms with Gasteiger partial charge < -0.3 is 10.4 Å². The number of carbonyl (C=O) groups is 2. The van der Waals surface area contributed by atoms with Crippen LogP contribution in [0.1, 0.15) is 22.3 Å². The molecule has 124 valence electrons. The second-order valence-corrected chi connectivity index (χ2v) is 5.38. The number of nitro benzene ring substituents is 1. The fraction of sp³-hybridized carbons (Fsp3) is 0.125. The van der Waals surface area contributed by atoms with Crippen LogP contribution in [0.5, 0.6) is 0 Å². The molecule has 1 amide bonds. The number of benzene rings is 2. The highest BCUT2D eigenvalue weighted by Crippen LogP contribution is 2.23. The summed E-state index contributed by atoms with van der Waals surface area (Å²) in [7, 11) is 0. The average molecular weight is 349 g/mol. The first-order valence-electron chi connectivity index (χ1n) is 6.93. The molecule has 0 aliphatic carbocycles. The number of aromatic carboxylic acids is 1. The number of nitrogens with zero attached hydrogens (tertiary/aromatic N) is 1. The van der Waals surface area contributed by atoms with Crippen molar-refractivity contribution >= 4 is 34.9 Å². The molecule has 0 bridgehead atoms. The summed E-state index contributed by atoms with van der Waals surface area (Å²) in [6.07, 6.45) is 0.387. The SMILES string of the molecule is O=C(CCc1cccc([N+](=O)[O-])c1)Nc1cc(C(=O)O)ccc1Cl. The fourth-order valence-corrected chi connectivity index (χ4v) is 2.22. The lowest BCUT2D eigenvalue weighted by Crippen LogP contribution is -2.13. The molecule has 2 aromatic carbocycles. The van der Waals surface area contributed by atoms with Crippen LogP contribution in [0.3, 0.4) is 0 Å². The lowest BCUT2D eigenvalue weighted by Gasteiger charge is -2.08. The average Bonchev–Trinajstić information content (AvgIpc) is 2.55. The van der Waals surface area contributed by atoms with Crippen LogP contribution in [0, 0.1) is 10.1 Å². The predicted octanol–water partition coefficient (Wildman–Crippen LogP) is 3.52. The minimum atomic E-state index is -1.13. The van der Waals surface area contributed by atoms with E-state index in [2.05, 4.69) is 5.32 Å². The molecule has 0 saturated carbocycles. The van der Waals surface area contributed by atoms with Crippen molar-refractivity contribution in [3.63, 3.8) is 0 Å². The third kappa shape index (κ3) is 4.53. The summed E-state index contributed by atoms with van der Waals surface area (Å²) in [5, 5.41) is 22.4.